The third-order valence-corrected chi connectivity index (χ3v) is 3.74. The molecule has 0 fully saturated rings. The molecule has 2 aromatic carbocycles. The molecule has 110 valence electrons. The molecule has 1 aromatic heterocycles. The molecule has 0 unspecified atom stereocenters. The lowest BCUT2D eigenvalue weighted by molar-refractivity contribution is 0.0951. The molecular formula is C16H10BrNO4. The molecule has 0 radical (unpaired) electrons. The highest BCUT2D eigenvalue weighted by atomic mass is 79.9. The Bertz CT molecular complexity index is 1020. The molecule has 0 aliphatic heterocycles. The second kappa shape index (κ2) is 5.38. The number of hydrogen-bond donors (Lipinski definition) is 0. The number of aromatic nitrogens is 1. The summed E-state index contributed by atoms with van der Waals surface area (Å²) in [6.07, 6.45) is 0. The third kappa shape index (κ3) is 2.42. The number of hydrogen-bond acceptors (Lipinski definition) is 4. The van der Waals surface area contributed by atoms with Crippen molar-refractivity contribution < 1.29 is 9.21 Å². The monoisotopic (exact) mass is 359 g/mol. The zero-order chi connectivity index (χ0) is 15.9. The van der Waals surface area contributed by atoms with Gasteiger partial charge in [-0.05, 0) is 37.3 Å². The summed E-state index contributed by atoms with van der Waals surface area (Å²) in [5, 5.41) is 0.162. The first-order valence-electron chi connectivity index (χ1n) is 6.44. The maximum Gasteiger partial charge on any atom is 0.429 e. The van der Waals surface area contributed by atoms with Crippen LogP contribution in [0.2, 0.25) is 0 Å². The molecule has 0 saturated carbocycles. The Balaban J connectivity index is 2.34. The molecule has 0 amide bonds. The maximum absolute atomic E-state index is 12.6. The smallest absolute Gasteiger partial charge is 0.372 e. The van der Waals surface area contributed by atoms with Crippen LogP contribution in [0.25, 0.3) is 10.9 Å². The molecule has 22 heavy (non-hydrogen) atoms. The molecule has 0 atom stereocenters. The van der Waals surface area contributed by atoms with Gasteiger partial charge in [-0.15, -0.1) is 0 Å². The van der Waals surface area contributed by atoms with E-state index in [1.54, 1.807) is 24.3 Å². The van der Waals surface area contributed by atoms with Gasteiger partial charge >= 0.3 is 11.4 Å². The van der Waals surface area contributed by atoms with E-state index in [4.69, 9.17) is 0 Å². The van der Waals surface area contributed by atoms with Gasteiger partial charge in [0.1, 0.15) is 0 Å². The fourth-order valence-electron chi connectivity index (χ4n) is 2.24. The predicted octanol–water partition coefficient (Wildman–Crippen LogP) is 2.71. The molecule has 0 spiro atoms. The van der Waals surface area contributed by atoms with Crippen molar-refractivity contribution in [2.75, 3.05) is 0 Å². The summed E-state index contributed by atoms with van der Waals surface area (Å²) in [5.41, 5.74) is 0.689. The fraction of sp³-hybridized carbons (Fsp3) is 0.0625. The van der Waals surface area contributed by atoms with Gasteiger partial charge in [0.05, 0.1) is 10.9 Å². The van der Waals surface area contributed by atoms with Crippen molar-refractivity contribution >= 4 is 32.7 Å². The van der Waals surface area contributed by atoms with Crippen LogP contribution in [0.15, 0.2) is 60.9 Å². The van der Waals surface area contributed by atoms with E-state index in [1.165, 1.54) is 12.1 Å². The van der Waals surface area contributed by atoms with Crippen molar-refractivity contribution in [3.05, 3.63) is 79.0 Å². The van der Waals surface area contributed by atoms with E-state index >= 15 is 0 Å². The van der Waals surface area contributed by atoms with Crippen LogP contribution in [0.3, 0.4) is 0 Å². The van der Waals surface area contributed by atoms with Crippen molar-refractivity contribution in [3.8, 4) is 0 Å². The lowest BCUT2D eigenvalue weighted by Gasteiger charge is -2.08. The van der Waals surface area contributed by atoms with Crippen LogP contribution in [0, 0.1) is 6.92 Å². The van der Waals surface area contributed by atoms with E-state index in [-0.39, 0.29) is 10.9 Å². The second-order valence-electron chi connectivity index (χ2n) is 4.83. The standard InChI is InChI=1S/C16H10BrNO4/c1-9-3-2-4-10(7-9)14(19)18-13-6-5-11(17)8-12(13)15(20)22-16(18)21/h2-8H,1H3. The summed E-state index contributed by atoms with van der Waals surface area (Å²) in [5.74, 6) is -1.53. The largest absolute Gasteiger partial charge is 0.429 e. The maximum atomic E-state index is 12.6. The summed E-state index contributed by atoms with van der Waals surface area (Å²) < 4.78 is 6.19. The first-order chi connectivity index (χ1) is 10.5. The summed E-state index contributed by atoms with van der Waals surface area (Å²) in [6.45, 7) is 1.85. The van der Waals surface area contributed by atoms with Gasteiger partial charge in [-0.3, -0.25) is 4.79 Å². The fourth-order valence-corrected chi connectivity index (χ4v) is 2.61. The summed E-state index contributed by atoms with van der Waals surface area (Å²) in [6, 6.07) is 11.6. The summed E-state index contributed by atoms with van der Waals surface area (Å²) >= 11 is 3.25. The molecule has 0 bridgehead atoms. The molecule has 6 heteroatoms. The van der Waals surface area contributed by atoms with E-state index in [9.17, 15) is 14.4 Å². The number of benzene rings is 2. The minimum Gasteiger partial charge on any atom is -0.372 e. The quantitative estimate of drug-likeness (QED) is 0.669. The van der Waals surface area contributed by atoms with Crippen molar-refractivity contribution in [1.29, 1.82) is 0 Å². The molecule has 5 nitrogen and oxygen atoms in total. The topological polar surface area (TPSA) is 69.3 Å². The van der Waals surface area contributed by atoms with Crippen LogP contribution in [-0.4, -0.2) is 10.5 Å². The van der Waals surface area contributed by atoms with E-state index < -0.39 is 17.3 Å². The Morgan fingerprint density at radius 3 is 2.64 bits per heavy atom. The first kappa shape index (κ1) is 14.5. The van der Waals surface area contributed by atoms with E-state index in [0.717, 1.165) is 10.1 Å². The molecule has 0 aliphatic rings. The van der Waals surface area contributed by atoms with E-state index in [0.29, 0.717) is 10.0 Å². The molecule has 3 aromatic rings. The molecule has 1 heterocycles. The van der Waals surface area contributed by atoms with E-state index in [2.05, 4.69) is 20.3 Å². The minimum absolute atomic E-state index is 0.162. The number of halogens is 1. The SMILES string of the molecule is Cc1cccc(C(=O)n2c(=O)oc(=O)c3cc(Br)ccc32)c1. The Morgan fingerprint density at radius 2 is 1.91 bits per heavy atom. The van der Waals surface area contributed by atoms with Gasteiger partial charge < -0.3 is 4.42 Å². The van der Waals surface area contributed by atoms with Crippen molar-refractivity contribution in [2.24, 2.45) is 0 Å². The third-order valence-electron chi connectivity index (χ3n) is 3.25. The number of fused-ring (bicyclic) bond motifs is 1. The lowest BCUT2D eigenvalue weighted by atomic mass is 10.1. The van der Waals surface area contributed by atoms with Gasteiger partial charge in [0.25, 0.3) is 5.91 Å². The molecule has 0 saturated heterocycles. The zero-order valence-corrected chi connectivity index (χ0v) is 13.1. The highest BCUT2D eigenvalue weighted by Gasteiger charge is 2.17. The van der Waals surface area contributed by atoms with Crippen LogP contribution in [0.5, 0.6) is 0 Å². The van der Waals surface area contributed by atoms with Crippen LogP contribution < -0.4 is 11.4 Å². The van der Waals surface area contributed by atoms with Gasteiger partial charge in [-0.2, -0.15) is 0 Å². The molecule has 0 N–H and O–H groups in total. The molecule has 3 rings (SSSR count). The van der Waals surface area contributed by atoms with Crippen molar-refractivity contribution in [2.45, 2.75) is 6.92 Å². The molecular weight excluding hydrogens is 350 g/mol. The average Bonchev–Trinajstić information content (AvgIpc) is 2.47. The van der Waals surface area contributed by atoms with Gasteiger partial charge in [0, 0.05) is 10.0 Å². The van der Waals surface area contributed by atoms with Crippen molar-refractivity contribution in [1.82, 2.24) is 4.57 Å². The Kier molecular flexibility index (Phi) is 3.54. The van der Waals surface area contributed by atoms with Gasteiger partial charge in [-0.25, -0.2) is 14.2 Å². The van der Waals surface area contributed by atoms with Crippen molar-refractivity contribution in [3.63, 3.8) is 0 Å². The Labute approximate surface area is 132 Å². The number of aryl methyl sites for hydroxylation is 1. The highest BCUT2D eigenvalue weighted by Crippen LogP contribution is 2.17. The van der Waals surface area contributed by atoms with Gasteiger partial charge in [0.2, 0.25) is 0 Å². The van der Waals surface area contributed by atoms with Crippen LogP contribution in [0.1, 0.15) is 15.9 Å². The van der Waals surface area contributed by atoms with Crippen LogP contribution >= 0.6 is 15.9 Å². The van der Waals surface area contributed by atoms with Gasteiger partial charge in [0.15, 0.2) is 0 Å². The normalized spacial score (nSPS) is 10.8. The second-order valence-corrected chi connectivity index (χ2v) is 5.74. The number of carbonyl (C=O) groups excluding carboxylic acids is 1. The lowest BCUT2D eigenvalue weighted by Crippen LogP contribution is -2.30. The first-order valence-corrected chi connectivity index (χ1v) is 7.23. The number of carbonyl (C=O) groups is 1. The Hall–Kier alpha value is -2.47. The number of rotatable bonds is 1. The average molecular weight is 360 g/mol. The van der Waals surface area contributed by atoms with Crippen LogP contribution in [-0.2, 0) is 0 Å². The number of nitrogens with zero attached hydrogens (tertiary/aromatic N) is 1. The Morgan fingerprint density at radius 1 is 1.14 bits per heavy atom. The van der Waals surface area contributed by atoms with E-state index in [1.807, 2.05) is 13.0 Å². The van der Waals surface area contributed by atoms with Crippen LogP contribution in [0.4, 0.5) is 0 Å². The molecule has 0 aliphatic carbocycles. The predicted molar refractivity (Wildman–Crippen MR) is 85.4 cm³/mol. The van der Waals surface area contributed by atoms with Gasteiger partial charge in [-0.1, -0.05) is 33.6 Å². The summed E-state index contributed by atoms with van der Waals surface area (Å²) in [4.78, 5) is 36.4. The minimum atomic E-state index is -0.994. The highest BCUT2D eigenvalue weighted by molar-refractivity contribution is 9.10. The summed E-state index contributed by atoms with van der Waals surface area (Å²) in [7, 11) is 0. The zero-order valence-electron chi connectivity index (χ0n) is 11.5.